The fraction of sp³-hybridized carbons (Fsp3) is 0.588. The van der Waals surface area contributed by atoms with E-state index in [0.717, 1.165) is 6.07 Å². The number of anilines is 1. The monoisotopic (exact) mass is 388 g/mol. The van der Waals surface area contributed by atoms with Gasteiger partial charge >= 0.3 is 5.97 Å². The molecule has 0 amide bonds. The van der Waals surface area contributed by atoms with E-state index in [9.17, 15) is 13.2 Å². The smallest absolute Gasteiger partial charge is 0.335 e. The van der Waals surface area contributed by atoms with Crippen LogP contribution in [0.5, 0.6) is 0 Å². The van der Waals surface area contributed by atoms with Crippen LogP contribution in [0.2, 0.25) is 0 Å². The zero-order valence-corrected chi connectivity index (χ0v) is 16.4. The average molecular weight is 388 g/mol. The molecule has 26 heavy (non-hydrogen) atoms. The van der Waals surface area contributed by atoms with Gasteiger partial charge in [-0.2, -0.15) is 0 Å². The molecule has 9 heteroatoms. The van der Waals surface area contributed by atoms with Gasteiger partial charge in [-0.15, -0.1) is 0 Å². The van der Waals surface area contributed by atoms with E-state index in [0.29, 0.717) is 25.3 Å². The fourth-order valence-electron chi connectivity index (χ4n) is 2.23. The molecular weight excluding hydrogens is 360 g/mol. The highest BCUT2D eigenvalue weighted by Crippen LogP contribution is 2.24. The van der Waals surface area contributed by atoms with Gasteiger partial charge in [0, 0.05) is 26.3 Å². The summed E-state index contributed by atoms with van der Waals surface area (Å²) in [5.41, 5.74) is 0.226. The van der Waals surface area contributed by atoms with Gasteiger partial charge in [0.15, 0.2) is 0 Å². The van der Waals surface area contributed by atoms with Crippen LogP contribution >= 0.6 is 0 Å². The first-order valence-electron chi connectivity index (χ1n) is 8.41. The van der Waals surface area contributed by atoms with E-state index in [1.165, 1.54) is 12.1 Å². The SMILES string of the molecule is COC[C@H](C)Nc1ccc(C(=O)O)cc1S(=O)(=O)NCCCOC(C)C. The third-order valence-electron chi connectivity index (χ3n) is 3.40. The molecule has 0 bridgehead atoms. The summed E-state index contributed by atoms with van der Waals surface area (Å²) >= 11 is 0. The standard InChI is InChI=1S/C17H28N2O6S/c1-12(2)25-9-5-8-18-26(22,23)16-10-14(17(20)21)6-7-15(16)19-13(3)11-24-4/h6-7,10,12-13,18-19H,5,8-9,11H2,1-4H3,(H,20,21)/t13-/m0/s1. The molecule has 0 aliphatic heterocycles. The lowest BCUT2D eigenvalue weighted by molar-refractivity contribution is 0.0696. The van der Waals surface area contributed by atoms with E-state index in [2.05, 4.69) is 10.0 Å². The first-order chi connectivity index (χ1) is 12.2. The van der Waals surface area contributed by atoms with E-state index in [1.54, 1.807) is 7.11 Å². The van der Waals surface area contributed by atoms with Crippen LogP contribution in [-0.4, -0.2) is 58.5 Å². The first kappa shape index (κ1) is 22.4. The molecule has 0 unspecified atom stereocenters. The largest absolute Gasteiger partial charge is 0.478 e. The van der Waals surface area contributed by atoms with Crippen LogP contribution < -0.4 is 10.0 Å². The topological polar surface area (TPSA) is 114 Å². The van der Waals surface area contributed by atoms with Crippen LogP contribution in [0.4, 0.5) is 5.69 Å². The molecule has 3 N–H and O–H groups in total. The van der Waals surface area contributed by atoms with E-state index in [4.69, 9.17) is 14.6 Å². The Bertz CT molecular complexity index is 690. The molecule has 0 aliphatic rings. The number of carboxylic acid groups (broad SMARTS) is 1. The molecule has 0 fully saturated rings. The number of hydrogen-bond acceptors (Lipinski definition) is 6. The minimum atomic E-state index is -3.88. The molecule has 148 valence electrons. The van der Waals surface area contributed by atoms with Crippen LogP contribution in [0, 0.1) is 0 Å². The molecule has 1 aromatic rings. The maximum atomic E-state index is 12.6. The summed E-state index contributed by atoms with van der Waals surface area (Å²) in [4.78, 5) is 11.1. The summed E-state index contributed by atoms with van der Waals surface area (Å²) in [6.07, 6.45) is 0.593. The van der Waals surface area contributed by atoms with Gasteiger partial charge in [0.2, 0.25) is 10.0 Å². The number of hydrogen-bond donors (Lipinski definition) is 3. The molecule has 1 rings (SSSR count). The van der Waals surface area contributed by atoms with Crippen LogP contribution in [0.15, 0.2) is 23.1 Å². The summed E-state index contributed by atoms with van der Waals surface area (Å²) < 4.78 is 38.2. The van der Waals surface area contributed by atoms with Crippen molar-refractivity contribution in [1.29, 1.82) is 0 Å². The Morgan fingerprint density at radius 2 is 1.96 bits per heavy atom. The number of ether oxygens (including phenoxy) is 2. The Balaban J connectivity index is 2.97. The Kier molecular flexibility index (Phi) is 9.00. The zero-order chi connectivity index (χ0) is 19.7. The highest BCUT2D eigenvalue weighted by Gasteiger charge is 2.21. The number of carbonyl (C=O) groups is 1. The third kappa shape index (κ3) is 7.28. The van der Waals surface area contributed by atoms with E-state index in [-0.39, 0.29) is 29.1 Å². The van der Waals surface area contributed by atoms with Gasteiger partial charge < -0.3 is 19.9 Å². The molecule has 0 aliphatic carbocycles. The van der Waals surface area contributed by atoms with Gasteiger partial charge in [-0.05, 0) is 45.4 Å². The van der Waals surface area contributed by atoms with Gasteiger partial charge in [0.05, 0.1) is 24.0 Å². The lowest BCUT2D eigenvalue weighted by atomic mass is 10.2. The molecule has 1 atom stereocenters. The molecule has 0 radical (unpaired) electrons. The average Bonchev–Trinajstić information content (AvgIpc) is 2.54. The third-order valence-corrected chi connectivity index (χ3v) is 4.90. The van der Waals surface area contributed by atoms with E-state index < -0.39 is 16.0 Å². The van der Waals surface area contributed by atoms with Crippen molar-refractivity contribution in [3.05, 3.63) is 23.8 Å². The number of nitrogens with one attached hydrogen (secondary N) is 2. The van der Waals surface area contributed by atoms with E-state index >= 15 is 0 Å². The van der Waals surface area contributed by atoms with Crippen molar-refractivity contribution in [1.82, 2.24) is 4.72 Å². The van der Waals surface area contributed by atoms with Crippen LogP contribution in [0.25, 0.3) is 0 Å². The summed E-state index contributed by atoms with van der Waals surface area (Å²) in [5.74, 6) is -1.19. The number of sulfonamides is 1. The molecule has 8 nitrogen and oxygen atoms in total. The van der Waals surface area contributed by atoms with E-state index in [1.807, 2.05) is 20.8 Å². The summed E-state index contributed by atoms with van der Waals surface area (Å²) in [6, 6.07) is 3.81. The minimum absolute atomic E-state index is 0.0805. The summed E-state index contributed by atoms with van der Waals surface area (Å²) in [6.45, 7) is 6.65. The quantitative estimate of drug-likeness (QED) is 0.469. The second-order valence-electron chi connectivity index (χ2n) is 6.19. The second kappa shape index (κ2) is 10.5. The number of aromatic carboxylic acids is 1. The summed E-state index contributed by atoms with van der Waals surface area (Å²) in [7, 11) is -2.33. The Morgan fingerprint density at radius 3 is 2.54 bits per heavy atom. The van der Waals surface area contributed by atoms with Gasteiger partial charge in [-0.1, -0.05) is 0 Å². The molecule has 0 spiro atoms. The Labute approximate surface area is 154 Å². The normalized spacial score (nSPS) is 13.0. The second-order valence-corrected chi connectivity index (χ2v) is 7.92. The van der Waals surface area contributed by atoms with Crippen molar-refractivity contribution in [2.75, 3.05) is 32.2 Å². The number of rotatable bonds is 12. The predicted octanol–water partition coefficient (Wildman–Crippen LogP) is 1.93. The fourth-order valence-corrected chi connectivity index (χ4v) is 3.50. The lowest BCUT2D eigenvalue weighted by Gasteiger charge is -2.18. The van der Waals surface area contributed by atoms with Crippen molar-refractivity contribution >= 4 is 21.7 Å². The van der Waals surface area contributed by atoms with Crippen molar-refractivity contribution in [3.63, 3.8) is 0 Å². The van der Waals surface area contributed by atoms with Crippen molar-refractivity contribution in [3.8, 4) is 0 Å². The predicted molar refractivity (Wildman–Crippen MR) is 99.3 cm³/mol. The lowest BCUT2D eigenvalue weighted by Crippen LogP contribution is -2.28. The number of carboxylic acids is 1. The molecule has 0 aromatic heterocycles. The van der Waals surface area contributed by atoms with Gasteiger partial charge in [-0.3, -0.25) is 0 Å². The number of methoxy groups -OCH3 is 1. The molecule has 0 saturated heterocycles. The zero-order valence-electron chi connectivity index (χ0n) is 15.6. The van der Waals surface area contributed by atoms with Crippen molar-refractivity contribution in [2.24, 2.45) is 0 Å². The maximum absolute atomic E-state index is 12.6. The van der Waals surface area contributed by atoms with Crippen LogP contribution in [-0.2, 0) is 19.5 Å². The first-order valence-corrected chi connectivity index (χ1v) is 9.89. The Hall–Kier alpha value is -1.68. The minimum Gasteiger partial charge on any atom is -0.478 e. The van der Waals surface area contributed by atoms with Gasteiger partial charge in [-0.25, -0.2) is 17.9 Å². The van der Waals surface area contributed by atoms with Gasteiger partial charge in [0.1, 0.15) is 4.90 Å². The van der Waals surface area contributed by atoms with Gasteiger partial charge in [0.25, 0.3) is 0 Å². The highest BCUT2D eigenvalue weighted by molar-refractivity contribution is 7.89. The molecule has 0 saturated carbocycles. The molecule has 0 heterocycles. The number of benzene rings is 1. The maximum Gasteiger partial charge on any atom is 0.335 e. The Morgan fingerprint density at radius 1 is 1.27 bits per heavy atom. The highest BCUT2D eigenvalue weighted by atomic mass is 32.2. The van der Waals surface area contributed by atoms with Crippen LogP contribution in [0.1, 0.15) is 37.6 Å². The molecule has 1 aromatic carbocycles. The summed E-state index contributed by atoms with van der Waals surface area (Å²) in [5, 5.41) is 12.2. The molecular formula is C17H28N2O6S. The van der Waals surface area contributed by atoms with Crippen molar-refractivity contribution < 1.29 is 27.8 Å². The van der Waals surface area contributed by atoms with Crippen molar-refractivity contribution in [2.45, 2.75) is 44.2 Å². The van der Waals surface area contributed by atoms with Crippen LogP contribution in [0.3, 0.4) is 0 Å².